The number of benzene rings is 2. The van der Waals surface area contributed by atoms with Crippen LogP contribution in [0.1, 0.15) is 32.6 Å². The smallest absolute Gasteiger partial charge is 0.265 e. The summed E-state index contributed by atoms with van der Waals surface area (Å²) >= 11 is 1.31. The van der Waals surface area contributed by atoms with Crippen LogP contribution in [0.15, 0.2) is 54.6 Å². The zero-order chi connectivity index (χ0) is 21.3. The average Bonchev–Trinajstić information content (AvgIpc) is 3.30. The van der Waals surface area contributed by atoms with Gasteiger partial charge in [-0.25, -0.2) is 9.07 Å². The molecule has 152 valence electrons. The van der Waals surface area contributed by atoms with Crippen LogP contribution in [0.25, 0.3) is 15.9 Å². The fourth-order valence-electron chi connectivity index (χ4n) is 3.11. The van der Waals surface area contributed by atoms with Crippen molar-refractivity contribution in [1.82, 2.24) is 15.1 Å². The maximum Gasteiger partial charge on any atom is 0.265 e. The molecule has 4 rings (SSSR count). The molecule has 8 heteroatoms. The molecule has 0 aliphatic heterocycles. The number of fused-ring (bicyclic) bond motifs is 1. The van der Waals surface area contributed by atoms with Crippen molar-refractivity contribution in [1.29, 1.82) is 0 Å². The molecule has 2 N–H and O–H groups in total. The molecule has 0 unspecified atom stereocenters. The number of carbonyl (C=O) groups is 2. The minimum absolute atomic E-state index is 0.189. The molecule has 0 saturated carbocycles. The van der Waals surface area contributed by atoms with Gasteiger partial charge in [-0.15, -0.1) is 11.3 Å². The van der Waals surface area contributed by atoms with E-state index in [1.165, 1.54) is 23.5 Å². The van der Waals surface area contributed by atoms with E-state index in [2.05, 4.69) is 15.7 Å². The van der Waals surface area contributed by atoms with Crippen LogP contribution < -0.4 is 10.6 Å². The third kappa shape index (κ3) is 3.81. The van der Waals surface area contributed by atoms with E-state index in [0.29, 0.717) is 22.7 Å². The Labute approximate surface area is 176 Å². The minimum Gasteiger partial charge on any atom is -0.352 e. The van der Waals surface area contributed by atoms with E-state index in [1.54, 1.807) is 47.1 Å². The van der Waals surface area contributed by atoms with Crippen molar-refractivity contribution in [3.63, 3.8) is 0 Å². The van der Waals surface area contributed by atoms with Gasteiger partial charge in [-0.05, 0) is 62.4 Å². The zero-order valence-electron chi connectivity index (χ0n) is 16.4. The first-order valence-corrected chi connectivity index (χ1v) is 10.2. The molecule has 30 heavy (non-hydrogen) atoms. The van der Waals surface area contributed by atoms with Crippen molar-refractivity contribution in [2.24, 2.45) is 0 Å². The molecule has 4 aromatic rings. The van der Waals surface area contributed by atoms with Gasteiger partial charge in [-0.2, -0.15) is 5.10 Å². The highest BCUT2D eigenvalue weighted by atomic mass is 32.1. The maximum absolute atomic E-state index is 13.3. The topological polar surface area (TPSA) is 76.0 Å². The first-order chi connectivity index (χ1) is 14.5. The number of aryl methyl sites for hydroxylation is 1. The van der Waals surface area contributed by atoms with Gasteiger partial charge in [-0.1, -0.05) is 6.07 Å². The van der Waals surface area contributed by atoms with Crippen molar-refractivity contribution in [2.75, 3.05) is 11.9 Å². The highest BCUT2D eigenvalue weighted by Crippen LogP contribution is 2.31. The number of thiophene rings is 1. The molecule has 2 amide bonds. The molecule has 0 aliphatic rings. The van der Waals surface area contributed by atoms with Crippen LogP contribution >= 0.6 is 11.3 Å². The van der Waals surface area contributed by atoms with Gasteiger partial charge in [0.25, 0.3) is 11.8 Å². The molecule has 0 radical (unpaired) electrons. The summed E-state index contributed by atoms with van der Waals surface area (Å²) in [7, 11) is 0. The summed E-state index contributed by atoms with van der Waals surface area (Å²) in [5.41, 5.74) is 2.52. The van der Waals surface area contributed by atoms with Crippen LogP contribution in [0.2, 0.25) is 0 Å². The van der Waals surface area contributed by atoms with Crippen LogP contribution in [0.3, 0.4) is 0 Å². The van der Waals surface area contributed by atoms with E-state index in [9.17, 15) is 14.0 Å². The zero-order valence-corrected chi connectivity index (χ0v) is 17.2. The lowest BCUT2D eigenvalue weighted by molar-refractivity contribution is 0.0954. The number of nitrogens with zero attached hydrogens (tertiary/aromatic N) is 2. The first kappa shape index (κ1) is 19.8. The van der Waals surface area contributed by atoms with Crippen LogP contribution in [0, 0.1) is 12.7 Å². The monoisotopic (exact) mass is 422 g/mol. The largest absolute Gasteiger partial charge is 0.352 e. The van der Waals surface area contributed by atoms with Crippen molar-refractivity contribution >= 4 is 39.1 Å². The number of hydrogen-bond acceptors (Lipinski definition) is 4. The number of rotatable bonds is 5. The molecule has 0 spiro atoms. The van der Waals surface area contributed by atoms with E-state index in [1.807, 2.05) is 13.8 Å². The Morgan fingerprint density at radius 1 is 1.10 bits per heavy atom. The van der Waals surface area contributed by atoms with E-state index in [-0.39, 0.29) is 17.6 Å². The summed E-state index contributed by atoms with van der Waals surface area (Å²) in [5, 5.41) is 11.0. The quantitative estimate of drug-likeness (QED) is 0.496. The summed E-state index contributed by atoms with van der Waals surface area (Å²) in [6.45, 7) is 4.24. The molecule has 2 heterocycles. The Balaban J connectivity index is 1.62. The Hall–Kier alpha value is -3.52. The fraction of sp³-hybridized carbons (Fsp3) is 0.136. The Morgan fingerprint density at radius 3 is 2.60 bits per heavy atom. The molecule has 2 aromatic carbocycles. The third-order valence-electron chi connectivity index (χ3n) is 4.56. The van der Waals surface area contributed by atoms with E-state index < -0.39 is 0 Å². The number of aromatic nitrogens is 2. The predicted octanol–water partition coefficient (Wildman–Crippen LogP) is 4.54. The van der Waals surface area contributed by atoms with Gasteiger partial charge < -0.3 is 10.6 Å². The van der Waals surface area contributed by atoms with Gasteiger partial charge in [0.2, 0.25) is 0 Å². The number of anilines is 1. The van der Waals surface area contributed by atoms with Gasteiger partial charge in [-0.3, -0.25) is 9.59 Å². The predicted molar refractivity (Wildman–Crippen MR) is 116 cm³/mol. The third-order valence-corrected chi connectivity index (χ3v) is 5.67. The molecular formula is C22H19FN4O2S. The van der Waals surface area contributed by atoms with Crippen molar-refractivity contribution in [3.8, 4) is 5.69 Å². The van der Waals surface area contributed by atoms with E-state index in [4.69, 9.17) is 0 Å². The summed E-state index contributed by atoms with van der Waals surface area (Å²) in [4.78, 5) is 26.1. The second kappa shape index (κ2) is 8.08. The average molecular weight is 422 g/mol. The van der Waals surface area contributed by atoms with Gasteiger partial charge in [0, 0.05) is 23.2 Å². The first-order valence-electron chi connectivity index (χ1n) is 9.41. The molecule has 0 bridgehead atoms. The lowest BCUT2D eigenvalue weighted by atomic mass is 10.2. The molecule has 2 aromatic heterocycles. The van der Waals surface area contributed by atoms with Crippen LogP contribution in [-0.2, 0) is 0 Å². The number of nitrogens with one attached hydrogen (secondary N) is 2. The highest BCUT2D eigenvalue weighted by Gasteiger charge is 2.18. The number of carbonyl (C=O) groups excluding carboxylic acids is 2. The summed E-state index contributed by atoms with van der Waals surface area (Å²) in [5.74, 6) is -0.778. The molecule has 0 atom stereocenters. The van der Waals surface area contributed by atoms with Crippen molar-refractivity contribution in [3.05, 3.63) is 76.5 Å². The van der Waals surface area contributed by atoms with Gasteiger partial charge in [0.1, 0.15) is 10.6 Å². The lowest BCUT2D eigenvalue weighted by Gasteiger charge is -2.07. The Bertz CT molecular complexity index is 1240. The second-order valence-corrected chi connectivity index (χ2v) is 7.73. The number of halogens is 1. The molecular weight excluding hydrogens is 403 g/mol. The van der Waals surface area contributed by atoms with Crippen LogP contribution in [-0.4, -0.2) is 28.1 Å². The fourth-order valence-corrected chi connectivity index (χ4v) is 4.19. The van der Waals surface area contributed by atoms with Crippen molar-refractivity contribution < 1.29 is 14.0 Å². The van der Waals surface area contributed by atoms with E-state index in [0.717, 1.165) is 21.6 Å². The normalized spacial score (nSPS) is 10.9. The molecule has 0 aliphatic carbocycles. The van der Waals surface area contributed by atoms with Gasteiger partial charge in [0.15, 0.2) is 0 Å². The molecule has 0 saturated heterocycles. The number of hydrogen-bond donors (Lipinski definition) is 2. The van der Waals surface area contributed by atoms with Crippen LogP contribution in [0.4, 0.5) is 10.1 Å². The van der Waals surface area contributed by atoms with Gasteiger partial charge in [0.05, 0.1) is 16.3 Å². The second-order valence-electron chi connectivity index (χ2n) is 6.70. The van der Waals surface area contributed by atoms with Crippen LogP contribution in [0.5, 0.6) is 0 Å². The minimum atomic E-state index is -0.319. The molecule has 0 fully saturated rings. The summed E-state index contributed by atoms with van der Waals surface area (Å²) < 4.78 is 15.0. The summed E-state index contributed by atoms with van der Waals surface area (Å²) in [6, 6.07) is 14.6. The highest BCUT2D eigenvalue weighted by molar-refractivity contribution is 7.20. The standard InChI is InChI=1S/C22H19FN4O2S/c1-3-24-20(28)14-5-4-6-16(11-14)25-21(29)19-12-18-13(2)26-27(22(18)30-19)17-9-7-15(23)8-10-17/h4-12H,3H2,1-2H3,(H,24,28)(H,25,29). The van der Waals surface area contributed by atoms with E-state index >= 15 is 0 Å². The van der Waals surface area contributed by atoms with Gasteiger partial charge >= 0.3 is 0 Å². The number of amides is 2. The Morgan fingerprint density at radius 2 is 1.87 bits per heavy atom. The molecule has 6 nitrogen and oxygen atoms in total. The maximum atomic E-state index is 13.3. The summed E-state index contributed by atoms with van der Waals surface area (Å²) in [6.07, 6.45) is 0. The van der Waals surface area contributed by atoms with Crippen molar-refractivity contribution in [2.45, 2.75) is 13.8 Å². The SMILES string of the molecule is CCNC(=O)c1cccc(NC(=O)c2cc3c(C)nn(-c4ccc(F)cc4)c3s2)c1. The lowest BCUT2D eigenvalue weighted by Crippen LogP contribution is -2.22. The Kier molecular flexibility index (Phi) is 5.33.